The highest BCUT2D eigenvalue weighted by Crippen LogP contribution is 2.58. The molecule has 116 valence electrons. The highest BCUT2D eigenvalue weighted by molar-refractivity contribution is 5.86. The average molecular weight is 308 g/mol. The van der Waals surface area contributed by atoms with Crippen molar-refractivity contribution < 1.29 is 0 Å². The third-order valence-corrected chi connectivity index (χ3v) is 5.68. The molecule has 0 unspecified atom stereocenters. The number of allylic oxidation sites excluding steroid dienone is 2. The lowest BCUT2D eigenvalue weighted by atomic mass is 9.59. The van der Waals surface area contributed by atoms with Gasteiger partial charge in [0, 0.05) is 11.8 Å². The zero-order chi connectivity index (χ0) is 16.1. The van der Waals surface area contributed by atoms with E-state index in [1.807, 2.05) is 0 Å². The van der Waals surface area contributed by atoms with E-state index in [9.17, 15) is 0 Å². The molecule has 0 radical (unpaired) electrons. The van der Waals surface area contributed by atoms with Gasteiger partial charge in [0.1, 0.15) is 0 Å². The fourth-order valence-electron chi connectivity index (χ4n) is 4.80. The molecular formula is C24H20. The van der Waals surface area contributed by atoms with Gasteiger partial charge in [0.25, 0.3) is 0 Å². The molecule has 0 aromatic heterocycles. The van der Waals surface area contributed by atoms with E-state index in [-0.39, 0.29) is 0 Å². The topological polar surface area (TPSA) is 0 Å². The number of hydrogen-bond donors (Lipinski definition) is 0. The van der Waals surface area contributed by atoms with Gasteiger partial charge in [-0.2, -0.15) is 0 Å². The Morgan fingerprint density at radius 2 is 1.04 bits per heavy atom. The fourth-order valence-corrected chi connectivity index (χ4v) is 4.80. The maximum absolute atomic E-state index is 2.33. The van der Waals surface area contributed by atoms with Crippen LogP contribution in [0.3, 0.4) is 0 Å². The molecule has 0 saturated carbocycles. The molecule has 0 fully saturated rings. The molecule has 2 bridgehead atoms. The van der Waals surface area contributed by atoms with Gasteiger partial charge in [-0.1, -0.05) is 91.4 Å². The van der Waals surface area contributed by atoms with Crippen molar-refractivity contribution in [3.8, 4) is 0 Å². The van der Waals surface area contributed by atoms with Crippen LogP contribution < -0.4 is 0 Å². The van der Waals surface area contributed by atoms with Gasteiger partial charge in [0.2, 0.25) is 0 Å². The Bertz CT molecular complexity index is 899. The zero-order valence-corrected chi connectivity index (χ0v) is 13.9. The normalized spacial score (nSPS) is 20.7. The van der Waals surface area contributed by atoms with E-state index in [4.69, 9.17) is 0 Å². The summed E-state index contributed by atoms with van der Waals surface area (Å²) in [5.74, 6) is 0.794. The van der Waals surface area contributed by atoms with Crippen molar-refractivity contribution in [1.82, 2.24) is 0 Å². The van der Waals surface area contributed by atoms with Crippen LogP contribution in [0.25, 0.3) is 5.57 Å². The van der Waals surface area contributed by atoms with E-state index >= 15 is 0 Å². The van der Waals surface area contributed by atoms with Gasteiger partial charge in [-0.3, -0.25) is 0 Å². The summed E-state index contributed by atoms with van der Waals surface area (Å²) in [6.45, 7) is 2.31. The summed E-state index contributed by atoms with van der Waals surface area (Å²) < 4.78 is 0. The van der Waals surface area contributed by atoms with Crippen LogP contribution in [0, 0.1) is 0 Å². The molecule has 0 amide bonds. The summed E-state index contributed by atoms with van der Waals surface area (Å²) in [7, 11) is 0. The SMILES string of the molecule is CCC1=C(c2ccccc2)C2c3ccccc3C1c1ccccc12. The second-order valence-corrected chi connectivity index (χ2v) is 6.78. The summed E-state index contributed by atoms with van der Waals surface area (Å²) >= 11 is 0. The minimum absolute atomic E-state index is 0.375. The highest BCUT2D eigenvalue weighted by atomic mass is 14.4. The summed E-state index contributed by atoms with van der Waals surface area (Å²) in [6, 6.07) is 29.1. The second-order valence-electron chi connectivity index (χ2n) is 6.78. The summed E-state index contributed by atoms with van der Waals surface area (Å²) in [5, 5.41) is 0. The van der Waals surface area contributed by atoms with Gasteiger partial charge in [-0.15, -0.1) is 0 Å². The molecular weight excluding hydrogens is 288 g/mol. The number of rotatable bonds is 2. The molecule has 0 spiro atoms. The molecule has 6 rings (SSSR count). The minimum Gasteiger partial charge on any atom is -0.0622 e. The molecule has 0 N–H and O–H groups in total. The van der Waals surface area contributed by atoms with E-state index in [1.165, 1.54) is 27.8 Å². The Morgan fingerprint density at radius 3 is 1.54 bits per heavy atom. The lowest BCUT2D eigenvalue weighted by molar-refractivity contribution is 0.755. The molecule has 0 heterocycles. The van der Waals surface area contributed by atoms with Gasteiger partial charge in [-0.25, -0.2) is 0 Å². The lowest BCUT2D eigenvalue weighted by Crippen LogP contribution is -2.27. The lowest BCUT2D eigenvalue weighted by Gasteiger charge is -2.44. The maximum atomic E-state index is 2.33. The molecule has 3 aliphatic carbocycles. The third kappa shape index (κ3) is 1.74. The number of hydrogen-bond acceptors (Lipinski definition) is 0. The fraction of sp³-hybridized carbons (Fsp3) is 0.167. The second kappa shape index (κ2) is 5.21. The first-order chi connectivity index (χ1) is 11.9. The molecule has 3 aromatic rings. The largest absolute Gasteiger partial charge is 0.0622 e. The molecule has 3 aromatic carbocycles. The van der Waals surface area contributed by atoms with Gasteiger partial charge in [-0.05, 0) is 39.8 Å². The van der Waals surface area contributed by atoms with Crippen LogP contribution in [0.15, 0.2) is 84.4 Å². The van der Waals surface area contributed by atoms with Crippen molar-refractivity contribution in [2.75, 3.05) is 0 Å². The predicted octanol–water partition coefficient (Wildman–Crippen LogP) is 6.14. The van der Waals surface area contributed by atoms with E-state index in [0.717, 1.165) is 6.42 Å². The van der Waals surface area contributed by atoms with Crippen LogP contribution in [-0.2, 0) is 0 Å². The van der Waals surface area contributed by atoms with Crippen molar-refractivity contribution >= 4 is 5.57 Å². The quantitative estimate of drug-likeness (QED) is 0.533. The Kier molecular flexibility index (Phi) is 2.99. The smallest absolute Gasteiger partial charge is 0.0351 e. The third-order valence-electron chi connectivity index (χ3n) is 5.68. The molecule has 24 heavy (non-hydrogen) atoms. The van der Waals surface area contributed by atoms with E-state index in [2.05, 4.69) is 85.8 Å². The predicted molar refractivity (Wildman–Crippen MR) is 100 cm³/mol. The van der Waals surface area contributed by atoms with Crippen molar-refractivity contribution in [2.45, 2.75) is 25.2 Å². The molecule has 0 saturated heterocycles. The van der Waals surface area contributed by atoms with Crippen LogP contribution in [0.4, 0.5) is 0 Å². The Balaban J connectivity index is 1.86. The Labute approximate surface area is 143 Å². The van der Waals surface area contributed by atoms with E-state index in [1.54, 1.807) is 11.1 Å². The Hall–Kier alpha value is -2.60. The summed E-state index contributed by atoms with van der Waals surface area (Å²) in [5.41, 5.74) is 10.5. The first-order valence-corrected chi connectivity index (χ1v) is 8.86. The van der Waals surface area contributed by atoms with Gasteiger partial charge < -0.3 is 0 Å². The van der Waals surface area contributed by atoms with Crippen molar-refractivity contribution in [3.63, 3.8) is 0 Å². The van der Waals surface area contributed by atoms with E-state index < -0.39 is 0 Å². The first-order valence-electron chi connectivity index (χ1n) is 8.86. The highest BCUT2D eigenvalue weighted by Gasteiger charge is 2.42. The maximum Gasteiger partial charge on any atom is 0.0351 e. The van der Waals surface area contributed by atoms with Crippen LogP contribution >= 0.6 is 0 Å². The van der Waals surface area contributed by atoms with Gasteiger partial charge in [0.15, 0.2) is 0 Å². The standard InChI is InChI=1S/C24H20/c1-2-17-22(16-10-4-3-5-11-16)24-20-14-8-6-12-18(20)23(17)19-13-7-9-15-21(19)24/h3-15,23-24H,2H2,1H3. The monoisotopic (exact) mass is 308 g/mol. The van der Waals surface area contributed by atoms with Crippen molar-refractivity contribution in [1.29, 1.82) is 0 Å². The summed E-state index contributed by atoms with van der Waals surface area (Å²) in [6.07, 6.45) is 1.11. The molecule has 0 atom stereocenters. The first kappa shape index (κ1) is 13.8. The van der Waals surface area contributed by atoms with E-state index in [0.29, 0.717) is 11.8 Å². The van der Waals surface area contributed by atoms with Crippen molar-refractivity contribution in [2.24, 2.45) is 0 Å². The van der Waals surface area contributed by atoms with Crippen LogP contribution in [0.1, 0.15) is 53.0 Å². The van der Waals surface area contributed by atoms with Crippen LogP contribution in [0.5, 0.6) is 0 Å². The van der Waals surface area contributed by atoms with Crippen LogP contribution in [0.2, 0.25) is 0 Å². The van der Waals surface area contributed by atoms with Crippen molar-refractivity contribution in [3.05, 3.63) is 112 Å². The van der Waals surface area contributed by atoms with Gasteiger partial charge >= 0.3 is 0 Å². The summed E-state index contributed by atoms with van der Waals surface area (Å²) in [4.78, 5) is 0. The van der Waals surface area contributed by atoms with Gasteiger partial charge in [0.05, 0.1) is 0 Å². The molecule has 0 aliphatic heterocycles. The molecule has 0 heteroatoms. The molecule has 0 nitrogen and oxygen atoms in total. The number of benzene rings is 3. The Morgan fingerprint density at radius 1 is 0.583 bits per heavy atom. The average Bonchev–Trinajstić information content (AvgIpc) is 2.68. The van der Waals surface area contributed by atoms with Crippen LogP contribution in [-0.4, -0.2) is 0 Å². The zero-order valence-electron chi connectivity index (χ0n) is 13.9. The minimum atomic E-state index is 0.375. The molecule has 3 aliphatic rings.